The molecular weight excluding hydrogens is 302 g/mol. The van der Waals surface area contributed by atoms with Crippen molar-refractivity contribution in [1.82, 2.24) is 4.90 Å². The van der Waals surface area contributed by atoms with Gasteiger partial charge < -0.3 is 4.90 Å². The molecule has 1 unspecified atom stereocenters. The van der Waals surface area contributed by atoms with E-state index in [0.717, 1.165) is 37.2 Å². The Balaban J connectivity index is 1.84. The van der Waals surface area contributed by atoms with Crippen LogP contribution < -0.4 is 10.0 Å². The van der Waals surface area contributed by atoms with Gasteiger partial charge in [0.1, 0.15) is 0 Å². The lowest BCUT2D eigenvalue weighted by atomic mass is 10.1. The number of anilines is 1. The predicted octanol–water partition coefficient (Wildman–Crippen LogP) is 0.707. The summed E-state index contributed by atoms with van der Waals surface area (Å²) in [6, 6.07) is 4.80. The van der Waals surface area contributed by atoms with Crippen LogP contribution in [0.15, 0.2) is 23.1 Å². The first kappa shape index (κ1) is 15.5. The summed E-state index contributed by atoms with van der Waals surface area (Å²) >= 11 is 0. The van der Waals surface area contributed by atoms with Crippen molar-refractivity contribution in [2.75, 3.05) is 24.5 Å². The molecule has 0 spiro atoms. The lowest BCUT2D eigenvalue weighted by Gasteiger charge is -2.25. The molecule has 0 radical (unpaired) electrons. The lowest BCUT2D eigenvalue weighted by Crippen LogP contribution is -2.42. The number of hydrogen-bond donors (Lipinski definition) is 1. The fourth-order valence-corrected chi connectivity index (χ4v) is 3.94. The minimum Gasteiger partial charge on any atom is -0.308 e. The van der Waals surface area contributed by atoms with E-state index in [4.69, 9.17) is 5.14 Å². The zero-order chi connectivity index (χ0) is 15.9. The Morgan fingerprint density at radius 3 is 2.64 bits per heavy atom. The number of carbonyl (C=O) groups is 1. The number of benzene rings is 1. The molecule has 1 amide bonds. The fourth-order valence-electron chi connectivity index (χ4n) is 3.37. The summed E-state index contributed by atoms with van der Waals surface area (Å²) in [6.45, 7) is 4.37. The van der Waals surface area contributed by atoms with Crippen LogP contribution in [0.25, 0.3) is 0 Å². The highest BCUT2D eigenvalue weighted by atomic mass is 32.2. The average molecular weight is 323 g/mol. The third-order valence-electron chi connectivity index (χ3n) is 4.42. The second-order valence-electron chi connectivity index (χ2n) is 6.14. The van der Waals surface area contributed by atoms with E-state index >= 15 is 0 Å². The first-order chi connectivity index (χ1) is 10.4. The van der Waals surface area contributed by atoms with Crippen LogP contribution in [0.5, 0.6) is 0 Å². The summed E-state index contributed by atoms with van der Waals surface area (Å²) in [5.41, 5.74) is 1.68. The maximum atomic E-state index is 12.6. The van der Waals surface area contributed by atoms with Gasteiger partial charge in [-0.2, -0.15) is 0 Å². The van der Waals surface area contributed by atoms with Gasteiger partial charge >= 0.3 is 0 Å². The third kappa shape index (κ3) is 2.88. The minimum absolute atomic E-state index is 0.0424. The maximum Gasteiger partial charge on any atom is 0.241 e. The van der Waals surface area contributed by atoms with Gasteiger partial charge in [-0.25, -0.2) is 13.6 Å². The van der Waals surface area contributed by atoms with E-state index in [0.29, 0.717) is 13.0 Å². The smallest absolute Gasteiger partial charge is 0.241 e. The van der Waals surface area contributed by atoms with Gasteiger partial charge in [0.15, 0.2) is 0 Å². The van der Waals surface area contributed by atoms with Crippen LogP contribution in [0.2, 0.25) is 0 Å². The third-order valence-corrected chi connectivity index (χ3v) is 5.33. The van der Waals surface area contributed by atoms with Gasteiger partial charge in [0.2, 0.25) is 15.9 Å². The van der Waals surface area contributed by atoms with Crippen molar-refractivity contribution in [2.24, 2.45) is 5.14 Å². The zero-order valence-corrected chi connectivity index (χ0v) is 13.5. The summed E-state index contributed by atoms with van der Waals surface area (Å²) in [7, 11) is -3.71. The van der Waals surface area contributed by atoms with E-state index in [-0.39, 0.29) is 16.8 Å². The molecule has 0 bridgehead atoms. The number of primary sulfonamides is 1. The Morgan fingerprint density at radius 1 is 1.32 bits per heavy atom. The molecule has 6 nitrogen and oxygen atoms in total. The first-order valence-corrected chi connectivity index (χ1v) is 9.11. The molecule has 0 saturated carbocycles. The van der Waals surface area contributed by atoms with Crippen molar-refractivity contribution in [2.45, 2.75) is 37.1 Å². The molecule has 3 rings (SSSR count). The van der Waals surface area contributed by atoms with E-state index in [1.807, 2.05) is 6.92 Å². The Kier molecular flexibility index (Phi) is 3.96. The van der Waals surface area contributed by atoms with Crippen molar-refractivity contribution in [3.8, 4) is 0 Å². The van der Waals surface area contributed by atoms with Crippen LogP contribution >= 0.6 is 0 Å². The van der Waals surface area contributed by atoms with Crippen LogP contribution in [0.1, 0.15) is 25.3 Å². The Bertz CT molecular complexity index is 696. The van der Waals surface area contributed by atoms with Crippen LogP contribution in [-0.4, -0.2) is 44.9 Å². The van der Waals surface area contributed by atoms with Crippen LogP contribution in [0.4, 0.5) is 5.69 Å². The van der Waals surface area contributed by atoms with E-state index in [2.05, 4.69) is 4.90 Å². The number of nitrogens with two attached hydrogens (primary N) is 1. The number of rotatable bonds is 3. The van der Waals surface area contributed by atoms with Gasteiger partial charge in [-0.15, -0.1) is 0 Å². The number of amides is 1. The van der Waals surface area contributed by atoms with E-state index in [1.165, 1.54) is 6.07 Å². The van der Waals surface area contributed by atoms with Crippen molar-refractivity contribution in [3.05, 3.63) is 23.8 Å². The summed E-state index contributed by atoms with van der Waals surface area (Å²) in [5, 5.41) is 5.17. The highest BCUT2D eigenvalue weighted by Gasteiger charge is 2.32. The molecule has 1 saturated heterocycles. The zero-order valence-electron chi connectivity index (χ0n) is 12.7. The SMILES string of the molecule is CC1Cc2cc(S(N)(=O)=O)ccc2N1C(=O)CN1CCCC1. The molecule has 1 atom stereocenters. The number of fused-ring (bicyclic) bond motifs is 1. The van der Waals surface area contributed by atoms with Gasteiger partial charge in [-0.3, -0.25) is 9.69 Å². The second kappa shape index (κ2) is 5.64. The van der Waals surface area contributed by atoms with E-state index < -0.39 is 10.0 Å². The summed E-state index contributed by atoms with van der Waals surface area (Å²) < 4.78 is 22.9. The largest absolute Gasteiger partial charge is 0.308 e. The quantitative estimate of drug-likeness (QED) is 0.888. The van der Waals surface area contributed by atoms with Crippen LogP contribution in [-0.2, 0) is 21.2 Å². The molecule has 2 heterocycles. The molecule has 2 aliphatic rings. The molecule has 0 aliphatic carbocycles. The fraction of sp³-hybridized carbons (Fsp3) is 0.533. The van der Waals surface area contributed by atoms with Crippen molar-refractivity contribution < 1.29 is 13.2 Å². The average Bonchev–Trinajstić information content (AvgIpc) is 3.02. The minimum atomic E-state index is -3.71. The maximum absolute atomic E-state index is 12.6. The topological polar surface area (TPSA) is 83.7 Å². The van der Waals surface area contributed by atoms with E-state index in [9.17, 15) is 13.2 Å². The number of carbonyl (C=O) groups excluding carboxylic acids is 1. The van der Waals surface area contributed by atoms with Crippen LogP contribution in [0, 0.1) is 0 Å². The van der Waals surface area contributed by atoms with Gasteiger partial charge in [0, 0.05) is 11.7 Å². The Labute approximate surface area is 130 Å². The van der Waals surface area contributed by atoms with Gasteiger partial charge in [0.05, 0.1) is 11.4 Å². The van der Waals surface area contributed by atoms with Gasteiger partial charge in [-0.05, 0) is 63.0 Å². The predicted molar refractivity (Wildman–Crippen MR) is 84.1 cm³/mol. The number of hydrogen-bond acceptors (Lipinski definition) is 4. The van der Waals surface area contributed by atoms with Crippen molar-refractivity contribution in [3.63, 3.8) is 0 Å². The van der Waals surface area contributed by atoms with E-state index in [1.54, 1.807) is 17.0 Å². The highest BCUT2D eigenvalue weighted by Crippen LogP contribution is 2.33. The molecule has 1 aromatic rings. The summed E-state index contributed by atoms with van der Waals surface area (Å²) in [6.07, 6.45) is 2.96. The molecule has 120 valence electrons. The first-order valence-electron chi connectivity index (χ1n) is 7.56. The number of nitrogens with zero attached hydrogens (tertiary/aromatic N) is 2. The molecule has 0 aromatic heterocycles. The van der Waals surface area contributed by atoms with Gasteiger partial charge in [0.25, 0.3) is 0 Å². The molecular formula is C15H21N3O3S. The normalized spacial score (nSPS) is 22.1. The van der Waals surface area contributed by atoms with Gasteiger partial charge in [-0.1, -0.05) is 0 Å². The van der Waals surface area contributed by atoms with Crippen molar-refractivity contribution >= 4 is 21.6 Å². The Morgan fingerprint density at radius 2 is 2.00 bits per heavy atom. The molecule has 2 N–H and O–H groups in total. The number of sulfonamides is 1. The molecule has 1 fully saturated rings. The van der Waals surface area contributed by atoms with Crippen LogP contribution in [0.3, 0.4) is 0 Å². The second-order valence-corrected chi connectivity index (χ2v) is 7.70. The summed E-state index contributed by atoms with van der Waals surface area (Å²) in [4.78, 5) is 16.7. The number of likely N-dealkylation sites (tertiary alicyclic amines) is 1. The molecule has 1 aromatic carbocycles. The Hall–Kier alpha value is -1.44. The highest BCUT2D eigenvalue weighted by molar-refractivity contribution is 7.89. The molecule has 2 aliphatic heterocycles. The standard InChI is InChI=1S/C15H21N3O3S/c1-11-8-12-9-13(22(16,20)21)4-5-14(12)18(11)15(19)10-17-6-2-3-7-17/h4-5,9,11H,2-3,6-8,10H2,1H3,(H2,16,20,21). The van der Waals surface area contributed by atoms with Crippen molar-refractivity contribution in [1.29, 1.82) is 0 Å². The lowest BCUT2D eigenvalue weighted by molar-refractivity contribution is -0.119. The summed E-state index contributed by atoms with van der Waals surface area (Å²) in [5.74, 6) is 0.0801. The molecule has 22 heavy (non-hydrogen) atoms. The monoisotopic (exact) mass is 323 g/mol. The molecule has 7 heteroatoms.